The summed E-state index contributed by atoms with van der Waals surface area (Å²) in [6, 6.07) is 8.58. The zero-order chi connectivity index (χ0) is 19.1. The maximum absolute atomic E-state index is 12.7. The maximum Gasteiger partial charge on any atom is 0.236 e. The van der Waals surface area contributed by atoms with Crippen LogP contribution in [0.5, 0.6) is 0 Å². The van der Waals surface area contributed by atoms with E-state index in [0.717, 1.165) is 52.4 Å². The van der Waals surface area contributed by atoms with E-state index in [-0.39, 0.29) is 0 Å². The fraction of sp³-hybridized carbons (Fsp3) is 0.682. The Bertz CT molecular complexity index is 590. The van der Waals surface area contributed by atoms with Crippen molar-refractivity contribution in [3.63, 3.8) is 0 Å². The van der Waals surface area contributed by atoms with Crippen LogP contribution in [-0.4, -0.2) is 86.1 Å². The van der Waals surface area contributed by atoms with Crippen LogP contribution < -0.4 is 4.90 Å². The van der Waals surface area contributed by atoms with Crippen LogP contribution in [0.1, 0.15) is 31.7 Å². The molecule has 27 heavy (non-hydrogen) atoms. The number of nitrogens with zero attached hydrogens (tertiary/aromatic N) is 4. The zero-order valence-corrected chi connectivity index (χ0v) is 17.2. The highest BCUT2D eigenvalue weighted by atomic mass is 16.2. The molecule has 2 saturated heterocycles. The Labute approximate surface area is 164 Å². The Morgan fingerprint density at radius 2 is 1.56 bits per heavy atom. The lowest BCUT2D eigenvalue weighted by Crippen LogP contribution is -2.54. The van der Waals surface area contributed by atoms with Gasteiger partial charge in [-0.05, 0) is 31.5 Å². The number of hydrogen-bond acceptors (Lipinski definition) is 4. The van der Waals surface area contributed by atoms with Gasteiger partial charge in [0.25, 0.3) is 0 Å². The highest BCUT2D eigenvalue weighted by molar-refractivity contribution is 5.78. The molecule has 3 rings (SSSR count). The van der Waals surface area contributed by atoms with Crippen molar-refractivity contribution >= 4 is 11.6 Å². The minimum absolute atomic E-state index is 0.313. The molecule has 1 aromatic carbocycles. The largest absolute Gasteiger partial charge is 0.369 e. The molecule has 2 aliphatic rings. The summed E-state index contributed by atoms with van der Waals surface area (Å²) in [6.07, 6.45) is 3.87. The highest BCUT2D eigenvalue weighted by Gasteiger charge is 2.24. The molecule has 1 amide bonds. The second-order valence-electron chi connectivity index (χ2n) is 7.98. The maximum atomic E-state index is 12.7. The minimum Gasteiger partial charge on any atom is -0.369 e. The summed E-state index contributed by atoms with van der Waals surface area (Å²) in [7, 11) is 0. The molecule has 0 aliphatic carbocycles. The van der Waals surface area contributed by atoms with E-state index in [1.165, 1.54) is 37.1 Å². The number of hydrogen-bond donors (Lipinski definition) is 0. The molecule has 0 bridgehead atoms. The van der Waals surface area contributed by atoms with Gasteiger partial charge in [-0.15, -0.1) is 0 Å². The molecule has 0 radical (unpaired) electrons. The predicted molar refractivity (Wildman–Crippen MR) is 112 cm³/mol. The third-order valence-electron chi connectivity index (χ3n) is 5.99. The van der Waals surface area contributed by atoms with Crippen LogP contribution in [0.25, 0.3) is 0 Å². The van der Waals surface area contributed by atoms with Gasteiger partial charge < -0.3 is 9.80 Å². The topological polar surface area (TPSA) is 30.0 Å². The van der Waals surface area contributed by atoms with Crippen LogP contribution in [0.4, 0.5) is 5.69 Å². The smallest absolute Gasteiger partial charge is 0.236 e. The number of carbonyl (C=O) groups excluding carboxylic acids is 1. The van der Waals surface area contributed by atoms with Gasteiger partial charge in [-0.2, -0.15) is 0 Å². The molecule has 0 atom stereocenters. The molecule has 5 heteroatoms. The zero-order valence-electron chi connectivity index (χ0n) is 17.2. The van der Waals surface area contributed by atoms with Crippen LogP contribution in [-0.2, 0) is 4.79 Å². The van der Waals surface area contributed by atoms with Crippen molar-refractivity contribution in [3.05, 3.63) is 29.8 Å². The average molecular weight is 373 g/mol. The lowest BCUT2D eigenvalue weighted by Gasteiger charge is -2.39. The van der Waals surface area contributed by atoms with Crippen molar-refractivity contribution in [2.45, 2.75) is 33.1 Å². The fourth-order valence-electron chi connectivity index (χ4n) is 4.16. The van der Waals surface area contributed by atoms with Crippen LogP contribution in [0, 0.1) is 6.92 Å². The minimum atomic E-state index is 0.313. The molecule has 1 aromatic rings. The van der Waals surface area contributed by atoms with Crippen LogP contribution in [0.2, 0.25) is 0 Å². The summed E-state index contributed by atoms with van der Waals surface area (Å²) in [4.78, 5) is 22.1. The Morgan fingerprint density at radius 1 is 0.889 bits per heavy atom. The number of anilines is 1. The van der Waals surface area contributed by atoms with E-state index in [1.807, 2.05) is 0 Å². The lowest BCUT2D eigenvalue weighted by molar-refractivity contribution is -0.134. The molecule has 0 unspecified atom stereocenters. The summed E-state index contributed by atoms with van der Waals surface area (Å²) >= 11 is 0. The Balaban J connectivity index is 1.38. The predicted octanol–water partition coefficient (Wildman–Crippen LogP) is 2.45. The standard InChI is InChI=1S/C22H36N4O/c1-3-4-7-10-23-11-17-26(18-12-23)22(27)19-24-13-15-25(16-14-24)21-9-6-5-8-20(21)2/h5-6,8-9H,3-4,7,10-19H2,1-2H3. The number of aryl methyl sites for hydroxylation is 1. The number of unbranched alkanes of at least 4 members (excludes halogenated alkanes) is 2. The number of amides is 1. The van der Waals surface area contributed by atoms with Gasteiger partial charge in [0.2, 0.25) is 5.91 Å². The normalized spacial score (nSPS) is 19.5. The first kappa shape index (κ1) is 20.2. The van der Waals surface area contributed by atoms with E-state index < -0.39 is 0 Å². The van der Waals surface area contributed by atoms with Crippen LogP contribution in [0.15, 0.2) is 24.3 Å². The van der Waals surface area contributed by atoms with E-state index in [0.29, 0.717) is 12.5 Å². The van der Waals surface area contributed by atoms with E-state index in [2.05, 4.69) is 57.7 Å². The Kier molecular flexibility index (Phi) is 7.53. The van der Waals surface area contributed by atoms with E-state index in [1.54, 1.807) is 0 Å². The van der Waals surface area contributed by atoms with Crippen LogP contribution >= 0.6 is 0 Å². The van der Waals surface area contributed by atoms with Crippen LogP contribution in [0.3, 0.4) is 0 Å². The van der Waals surface area contributed by atoms with Gasteiger partial charge >= 0.3 is 0 Å². The van der Waals surface area contributed by atoms with Gasteiger partial charge in [-0.25, -0.2) is 0 Å². The van der Waals surface area contributed by atoms with E-state index in [9.17, 15) is 4.79 Å². The molecule has 2 aliphatic heterocycles. The number of rotatable bonds is 7. The van der Waals surface area contributed by atoms with Gasteiger partial charge in [0.1, 0.15) is 0 Å². The van der Waals surface area contributed by atoms with Gasteiger partial charge in [-0.1, -0.05) is 38.0 Å². The number of para-hydroxylation sites is 1. The molecule has 5 nitrogen and oxygen atoms in total. The number of piperazine rings is 2. The van der Waals surface area contributed by atoms with Crippen molar-refractivity contribution < 1.29 is 4.79 Å². The number of carbonyl (C=O) groups is 1. The van der Waals surface area contributed by atoms with Gasteiger partial charge in [0.05, 0.1) is 6.54 Å². The van der Waals surface area contributed by atoms with Gasteiger partial charge in [0, 0.05) is 58.0 Å². The van der Waals surface area contributed by atoms with Gasteiger partial charge in [-0.3, -0.25) is 14.6 Å². The summed E-state index contributed by atoms with van der Waals surface area (Å²) in [5.74, 6) is 0.313. The third-order valence-corrected chi connectivity index (χ3v) is 5.99. The third kappa shape index (κ3) is 5.69. The second-order valence-corrected chi connectivity index (χ2v) is 7.98. The molecule has 2 heterocycles. The molecule has 0 aromatic heterocycles. The van der Waals surface area contributed by atoms with Crippen molar-refractivity contribution in [2.24, 2.45) is 0 Å². The Morgan fingerprint density at radius 3 is 2.22 bits per heavy atom. The number of benzene rings is 1. The van der Waals surface area contributed by atoms with Crippen molar-refractivity contribution in [1.29, 1.82) is 0 Å². The summed E-state index contributed by atoms with van der Waals surface area (Å²) < 4.78 is 0. The quantitative estimate of drug-likeness (QED) is 0.688. The molecule has 0 spiro atoms. The fourth-order valence-corrected chi connectivity index (χ4v) is 4.16. The van der Waals surface area contributed by atoms with Gasteiger partial charge in [0.15, 0.2) is 0 Å². The van der Waals surface area contributed by atoms with E-state index in [4.69, 9.17) is 0 Å². The molecule has 150 valence electrons. The first-order chi connectivity index (χ1) is 13.2. The summed E-state index contributed by atoms with van der Waals surface area (Å²) in [6.45, 7) is 14.0. The molecule has 0 saturated carbocycles. The molecule has 0 N–H and O–H groups in total. The lowest BCUT2D eigenvalue weighted by atomic mass is 10.1. The summed E-state index contributed by atoms with van der Waals surface area (Å²) in [5, 5.41) is 0. The average Bonchev–Trinajstić information content (AvgIpc) is 2.70. The van der Waals surface area contributed by atoms with E-state index >= 15 is 0 Å². The second kappa shape index (κ2) is 10.1. The first-order valence-corrected chi connectivity index (χ1v) is 10.7. The molecular formula is C22H36N4O. The van der Waals surface area contributed by atoms with Crippen molar-refractivity contribution in [3.8, 4) is 0 Å². The highest BCUT2D eigenvalue weighted by Crippen LogP contribution is 2.20. The monoisotopic (exact) mass is 372 g/mol. The molecule has 2 fully saturated rings. The SMILES string of the molecule is CCCCCN1CCN(C(=O)CN2CCN(c3ccccc3C)CC2)CC1. The summed E-state index contributed by atoms with van der Waals surface area (Å²) in [5.41, 5.74) is 2.67. The van der Waals surface area contributed by atoms with Crippen molar-refractivity contribution in [1.82, 2.24) is 14.7 Å². The molecular weight excluding hydrogens is 336 g/mol. The van der Waals surface area contributed by atoms with Crippen molar-refractivity contribution in [2.75, 3.05) is 70.3 Å². The Hall–Kier alpha value is -1.59. The first-order valence-electron chi connectivity index (χ1n) is 10.7.